The molecule has 1 heterocycles. The number of aromatic nitrogens is 1. The summed E-state index contributed by atoms with van der Waals surface area (Å²) in [4.78, 5) is 32.2. The van der Waals surface area contributed by atoms with Crippen molar-refractivity contribution >= 4 is 28.3 Å². The summed E-state index contributed by atoms with van der Waals surface area (Å²) in [5.41, 5.74) is 2.79. The summed E-state index contributed by atoms with van der Waals surface area (Å²) in [5.74, 6) is -1.25. The molecule has 0 aliphatic carbocycles. The molecule has 0 fully saturated rings. The number of aryl methyl sites for hydroxylation is 2. The molecule has 0 bridgehead atoms. The Labute approximate surface area is 162 Å². The van der Waals surface area contributed by atoms with Crippen LogP contribution in [0.4, 0.5) is 5.13 Å². The second-order valence-electron chi connectivity index (χ2n) is 6.25. The molecule has 138 valence electrons. The third-order valence-electron chi connectivity index (χ3n) is 4.16. The topological polar surface area (TPSA) is 62.3 Å². The van der Waals surface area contributed by atoms with E-state index >= 15 is 0 Å². The molecule has 3 aromatic rings. The number of nitrogens with one attached hydrogen (secondary N) is 1. The van der Waals surface area contributed by atoms with Crippen molar-refractivity contribution in [2.45, 2.75) is 26.9 Å². The zero-order valence-corrected chi connectivity index (χ0v) is 16.1. The lowest BCUT2D eigenvalue weighted by molar-refractivity contribution is -0.144. The summed E-state index contributed by atoms with van der Waals surface area (Å²) in [6.07, 6.45) is 0. The van der Waals surface area contributed by atoms with Crippen molar-refractivity contribution in [3.63, 3.8) is 0 Å². The van der Waals surface area contributed by atoms with Crippen molar-refractivity contribution in [2.24, 2.45) is 0 Å². The number of amides is 2. The van der Waals surface area contributed by atoms with E-state index in [1.165, 1.54) is 11.3 Å². The molecule has 2 aromatic carbocycles. The molecule has 0 saturated carbocycles. The van der Waals surface area contributed by atoms with Crippen molar-refractivity contribution in [3.05, 3.63) is 82.4 Å². The van der Waals surface area contributed by atoms with Gasteiger partial charge < -0.3 is 4.90 Å². The van der Waals surface area contributed by atoms with Crippen molar-refractivity contribution in [3.8, 4) is 0 Å². The lowest BCUT2D eigenvalue weighted by Gasteiger charge is -2.22. The molecular weight excluding hydrogens is 358 g/mol. The molecule has 1 N–H and O–H groups in total. The van der Waals surface area contributed by atoms with E-state index in [2.05, 4.69) is 10.3 Å². The zero-order valence-electron chi connectivity index (χ0n) is 15.3. The molecule has 0 unspecified atom stereocenters. The Morgan fingerprint density at radius 1 is 0.926 bits per heavy atom. The molecule has 2 amide bonds. The van der Waals surface area contributed by atoms with Gasteiger partial charge in [0.2, 0.25) is 0 Å². The molecule has 5 nitrogen and oxygen atoms in total. The molecule has 0 radical (unpaired) electrons. The monoisotopic (exact) mass is 379 g/mol. The molecule has 3 rings (SSSR count). The highest BCUT2D eigenvalue weighted by molar-refractivity contribution is 7.15. The molecule has 0 spiro atoms. The van der Waals surface area contributed by atoms with Crippen LogP contribution in [0.3, 0.4) is 0 Å². The zero-order chi connectivity index (χ0) is 19.2. The van der Waals surface area contributed by atoms with E-state index in [9.17, 15) is 9.59 Å². The summed E-state index contributed by atoms with van der Waals surface area (Å²) in [6.45, 7) is 4.53. The Hall–Kier alpha value is -2.99. The van der Waals surface area contributed by atoms with Crippen LogP contribution in [0.2, 0.25) is 0 Å². The Morgan fingerprint density at radius 2 is 1.44 bits per heavy atom. The van der Waals surface area contributed by atoms with Gasteiger partial charge in [-0.2, -0.15) is 0 Å². The van der Waals surface area contributed by atoms with Gasteiger partial charge in [-0.1, -0.05) is 60.7 Å². The smallest absolute Gasteiger partial charge is 0.315 e. The maximum Gasteiger partial charge on any atom is 0.315 e. The van der Waals surface area contributed by atoms with Crippen LogP contribution >= 0.6 is 11.3 Å². The Balaban J connectivity index is 1.77. The maximum atomic E-state index is 12.8. The lowest BCUT2D eigenvalue weighted by atomic mass is 10.1. The van der Waals surface area contributed by atoms with Gasteiger partial charge in [0.05, 0.1) is 5.69 Å². The number of hydrogen-bond acceptors (Lipinski definition) is 4. The molecule has 6 heteroatoms. The molecule has 1 aromatic heterocycles. The predicted molar refractivity (Wildman–Crippen MR) is 107 cm³/mol. The van der Waals surface area contributed by atoms with E-state index in [4.69, 9.17) is 0 Å². The first-order valence-corrected chi connectivity index (χ1v) is 9.46. The van der Waals surface area contributed by atoms with Gasteiger partial charge in [0.1, 0.15) is 0 Å². The van der Waals surface area contributed by atoms with Crippen molar-refractivity contribution in [1.29, 1.82) is 0 Å². The molecular formula is C21H21N3O2S. The number of hydrogen-bond donors (Lipinski definition) is 1. The molecule has 0 atom stereocenters. The molecule has 0 saturated heterocycles. The van der Waals surface area contributed by atoms with Crippen LogP contribution in [0.25, 0.3) is 0 Å². The fraction of sp³-hybridized carbons (Fsp3) is 0.190. The minimum atomic E-state index is -0.671. The number of thiazole rings is 1. The van der Waals surface area contributed by atoms with E-state index < -0.39 is 11.8 Å². The number of carbonyl (C=O) groups excluding carboxylic acids is 2. The fourth-order valence-electron chi connectivity index (χ4n) is 2.63. The highest BCUT2D eigenvalue weighted by Crippen LogP contribution is 2.21. The van der Waals surface area contributed by atoms with Gasteiger partial charge >= 0.3 is 11.8 Å². The predicted octanol–water partition coefficient (Wildman–Crippen LogP) is 3.93. The quantitative estimate of drug-likeness (QED) is 0.683. The standard InChI is InChI=1S/C21H21N3O2S/c1-15-16(2)27-21(22-15)23-19(25)20(26)24(13-17-9-5-3-6-10-17)14-18-11-7-4-8-12-18/h3-12H,13-14H2,1-2H3,(H,22,23,25). The molecule has 27 heavy (non-hydrogen) atoms. The molecule has 0 aliphatic heterocycles. The molecule has 0 aliphatic rings. The number of rotatable bonds is 5. The third kappa shape index (κ3) is 5.01. The van der Waals surface area contributed by atoms with Gasteiger partial charge in [-0.25, -0.2) is 4.98 Å². The number of anilines is 1. The lowest BCUT2D eigenvalue weighted by Crippen LogP contribution is -2.38. The van der Waals surface area contributed by atoms with Crippen LogP contribution in [-0.4, -0.2) is 21.7 Å². The second kappa shape index (κ2) is 8.60. The Morgan fingerprint density at radius 3 is 1.89 bits per heavy atom. The SMILES string of the molecule is Cc1nc(NC(=O)C(=O)N(Cc2ccccc2)Cc2ccccc2)sc1C. The van der Waals surface area contributed by atoms with E-state index in [-0.39, 0.29) is 0 Å². The maximum absolute atomic E-state index is 12.8. The normalized spacial score (nSPS) is 10.4. The van der Waals surface area contributed by atoms with Gasteiger partial charge in [0.25, 0.3) is 0 Å². The van der Waals surface area contributed by atoms with Gasteiger partial charge in [-0.15, -0.1) is 11.3 Å². The Kier molecular flexibility index (Phi) is 5.98. The first-order valence-electron chi connectivity index (χ1n) is 8.65. The van der Waals surface area contributed by atoms with Crippen LogP contribution < -0.4 is 5.32 Å². The Bertz CT molecular complexity index is 862. The fourth-order valence-corrected chi connectivity index (χ4v) is 3.44. The number of nitrogens with zero attached hydrogens (tertiary/aromatic N) is 2. The average Bonchev–Trinajstić information content (AvgIpc) is 2.99. The van der Waals surface area contributed by atoms with Gasteiger partial charge in [0, 0.05) is 18.0 Å². The first-order chi connectivity index (χ1) is 13.0. The minimum absolute atomic E-state index is 0.359. The highest BCUT2D eigenvalue weighted by atomic mass is 32.1. The van der Waals surface area contributed by atoms with E-state index in [1.54, 1.807) is 4.90 Å². The number of benzene rings is 2. The van der Waals surface area contributed by atoms with Crippen molar-refractivity contribution in [2.75, 3.05) is 5.32 Å². The number of carbonyl (C=O) groups is 2. The van der Waals surface area contributed by atoms with Crippen LogP contribution in [-0.2, 0) is 22.7 Å². The van der Waals surface area contributed by atoms with Crippen molar-refractivity contribution < 1.29 is 9.59 Å². The van der Waals surface area contributed by atoms with Crippen LogP contribution in [0.15, 0.2) is 60.7 Å². The van der Waals surface area contributed by atoms with Gasteiger partial charge in [0.15, 0.2) is 5.13 Å². The average molecular weight is 379 g/mol. The minimum Gasteiger partial charge on any atom is -0.326 e. The summed E-state index contributed by atoms with van der Waals surface area (Å²) in [5, 5.41) is 3.08. The van der Waals surface area contributed by atoms with Crippen LogP contribution in [0.5, 0.6) is 0 Å². The summed E-state index contributed by atoms with van der Waals surface area (Å²) in [6, 6.07) is 19.3. The van der Waals surface area contributed by atoms with Gasteiger partial charge in [-0.3, -0.25) is 14.9 Å². The third-order valence-corrected chi connectivity index (χ3v) is 5.15. The summed E-state index contributed by atoms with van der Waals surface area (Å²) in [7, 11) is 0. The van der Waals surface area contributed by atoms with E-state index in [0.717, 1.165) is 21.7 Å². The summed E-state index contributed by atoms with van der Waals surface area (Å²) >= 11 is 1.37. The first kappa shape index (κ1) is 18.8. The van der Waals surface area contributed by atoms with E-state index in [1.807, 2.05) is 74.5 Å². The summed E-state index contributed by atoms with van der Waals surface area (Å²) < 4.78 is 0. The van der Waals surface area contributed by atoms with Gasteiger partial charge in [-0.05, 0) is 25.0 Å². The van der Waals surface area contributed by atoms with E-state index in [0.29, 0.717) is 18.2 Å². The largest absolute Gasteiger partial charge is 0.326 e. The highest BCUT2D eigenvalue weighted by Gasteiger charge is 2.23. The van der Waals surface area contributed by atoms with Crippen LogP contribution in [0.1, 0.15) is 21.7 Å². The van der Waals surface area contributed by atoms with Crippen LogP contribution in [0, 0.1) is 13.8 Å². The second-order valence-corrected chi connectivity index (χ2v) is 7.45. The van der Waals surface area contributed by atoms with Crippen molar-refractivity contribution in [1.82, 2.24) is 9.88 Å².